The number of rotatable bonds is 8. The number of para-hydroxylation sites is 1. The van der Waals surface area contributed by atoms with Crippen LogP contribution >= 0.6 is 11.8 Å². The van der Waals surface area contributed by atoms with E-state index in [1.54, 1.807) is 17.8 Å². The van der Waals surface area contributed by atoms with Gasteiger partial charge in [0.05, 0.1) is 5.56 Å². The van der Waals surface area contributed by atoms with E-state index in [4.69, 9.17) is 4.74 Å². The van der Waals surface area contributed by atoms with Gasteiger partial charge in [-0.15, -0.1) is 11.8 Å². The van der Waals surface area contributed by atoms with Crippen LogP contribution in [-0.2, 0) is 12.4 Å². The fraction of sp³-hybridized carbons (Fsp3) is 0.107. The lowest BCUT2D eigenvalue weighted by atomic mass is 10.1. The lowest BCUT2D eigenvalue weighted by Crippen LogP contribution is -2.14. The average Bonchev–Trinajstić information content (AvgIpc) is 2.84. The topological polar surface area (TPSA) is 38.3 Å². The first kappa shape index (κ1) is 21.7. The first-order valence-corrected chi connectivity index (χ1v) is 11.5. The van der Waals surface area contributed by atoms with E-state index < -0.39 is 0 Å². The molecular formula is C28H25NO2S. The second-order valence-electron chi connectivity index (χ2n) is 7.48. The lowest BCUT2D eigenvalue weighted by molar-refractivity contribution is 0.102. The number of amides is 1. The Hall–Kier alpha value is -3.50. The second kappa shape index (κ2) is 10.7. The Kier molecular flexibility index (Phi) is 7.26. The standard InChI is InChI=1S/C28H25NO2S/c1-21-18-23(20-32-24-12-6-3-7-13-24)16-17-26(21)29-28(30)25-14-8-9-15-27(25)31-19-22-10-4-2-5-11-22/h2-18H,19-20H2,1H3,(H,29,30). The highest BCUT2D eigenvalue weighted by atomic mass is 32.2. The highest BCUT2D eigenvalue weighted by Crippen LogP contribution is 2.26. The van der Waals surface area contributed by atoms with Crippen LogP contribution in [0.5, 0.6) is 5.75 Å². The summed E-state index contributed by atoms with van der Waals surface area (Å²) in [6.07, 6.45) is 0. The Morgan fingerprint density at radius 3 is 2.25 bits per heavy atom. The predicted octanol–water partition coefficient (Wildman–Crippen LogP) is 7.12. The van der Waals surface area contributed by atoms with Crippen molar-refractivity contribution in [3.8, 4) is 5.75 Å². The molecule has 1 amide bonds. The van der Waals surface area contributed by atoms with Crippen LogP contribution in [0.15, 0.2) is 108 Å². The summed E-state index contributed by atoms with van der Waals surface area (Å²) >= 11 is 1.80. The number of anilines is 1. The molecule has 0 radical (unpaired) electrons. The minimum absolute atomic E-state index is 0.178. The van der Waals surface area contributed by atoms with Crippen LogP contribution in [0.3, 0.4) is 0 Å². The Labute approximate surface area is 193 Å². The summed E-state index contributed by atoms with van der Waals surface area (Å²) in [7, 11) is 0. The van der Waals surface area contributed by atoms with E-state index >= 15 is 0 Å². The molecular weight excluding hydrogens is 414 g/mol. The third-order valence-corrected chi connectivity index (χ3v) is 6.14. The summed E-state index contributed by atoms with van der Waals surface area (Å²) in [5.74, 6) is 1.28. The predicted molar refractivity (Wildman–Crippen MR) is 132 cm³/mol. The van der Waals surface area contributed by atoms with Gasteiger partial charge < -0.3 is 10.1 Å². The molecule has 3 nitrogen and oxygen atoms in total. The summed E-state index contributed by atoms with van der Waals surface area (Å²) in [6, 6.07) is 33.8. The van der Waals surface area contributed by atoms with Crippen molar-refractivity contribution >= 4 is 23.4 Å². The number of hydrogen-bond donors (Lipinski definition) is 1. The fourth-order valence-corrected chi connectivity index (χ4v) is 4.21. The number of carbonyl (C=O) groups excluding carboxylic acids is 1. The number of carbonyl (C=O) groups is 1. The number of ether oxygens (including phenoxy) is 1. The summed E-state index contributed by atoms with van der Waals surface area (Å²) in [5, 5.41) is 3.04. The Bertz CT molecular complexity index is 1180. The maximum atomic E-state index is 13.0. The average molecular weight is 440 g/mol. The number of aryl methyl sites for hydroxylation is 1. The van der Waals surface area contributed by atoms with Crippen molar-refractivity contribution in [3.05, 3.63) is 125 Å². The molecule has 0 saturated carbocycles. The minimum atomic E-state index is -0.178. The molecule has 0 spiro atoms. The highest BCUT2D eigenvalue weighted by molar-refractivity contribution is 7.98. The van der Waals surface area contributed by atoms with E-state index in [1.165, 1.54) is 10.5 Å². The summed E-state index contributed by atoms with van der Waals surface area (Å²) < 4.78 is 5.94. The molecule has 0 saturated heterocycles. The molecule has 0 bridgehead atoms. The van der Waals surface area contributed by atoms with Crippen molar-refractivity contribution in [3.63, 3.8) is 0 Å². The molecule has 4 heteroatoms. The first-order valence-electron chi connectivity index (χ1n) is 10.5. The van der Waals surface area contributed by atoms with Crippen LogP contribution in [0.4, 0.5) is 5.69 Å². The maximum Gasteiger partial charge on any atom is 0.259 e. The third-order valence-electron chi connectivity index (χ3n) is 5.06. The van der Waals surface area contributed by atoms with E-state index in [0.29, 0.717) is 17.9 Å². The molecule has 4 aromatic carbocycles. The van der Waals surface area contributed by atoms with Gasteiger partial charge in [0.2, 0.25) is 0 Å². The summed E-state index contributed by atoms with van der Waals surface area (Å²) in [4.78, 5) is 14.2. The number of nitrogens with one attached hydrogen (secondary N) is 1. The molecule has 0 unspecified atom stereocenters. The number of benzene rings is 4. The zero-order chi connectivity index (χ0) is 22.2. The molecule has 32 heavy (non-hydrogen) atoms. The second-order valence-corrected chi connectivity index (χ2v) is 8.52. The van der Waals surface area contributed by atoms with Crippen LogP contribution in [-0.4, -0.2) is 5.91 Å². The van der Waals surface area contributed by atoms with E-state index in [2.05, 4.69) is 29.6 Å². The maximum absolute atomic E-state index is 13.0. The monoisotopic (exact) mass is 439 g/mol. The molecule has 0 aliphatic carbocycles. The van der Waals surface area contributed by atoms with Crippen molar-refractivity contribution in [1.29, 1.82) is 0 Å². The molecule has 0 fully saturated rings. The largest absolute Gasteiger partial charge is 0.488 e. The summed E-state index contributed by atoms with van der Waals surface area (Å²) in [6.45, 7) is 2.43. The molecule has 0 heterocycles. The zero-order valence-corrected chi connectivity index (χ0v) is 18.8. The molecule has 1 N–H and O–H groups in total. The first-order chi connectivity index (χ1) is 15.7. The Morgan fingerprint density at radius 2 is 1.50 bits per heavy atom. The Morgan fingerprint density at radius 1 is 0.812 bits per heavy atom. The molecule has 160 valence electrons. The zero-order valence-electron chi connectivity index (χ0n) is 18.0. The van der Waals surface area contributed by atoms with E-state index in [-0.39, 0.29) is 5.91 Å². The van der Waals surface area contributed by atoms with E-state index in [9.17, 15) is 4.79 Å². The molecule has 0 atom stereocenters. The van der Waals surface area contributed by atoms with Crippen molar-refractivity contribution in [1.82, 2.24) is 0 Å². The normalized spacial score (nSPS) is 10.5. The van der Waals surface area contributed by atoms with Crippen LogP contribution < -0.4 is 10.1 Å². The van der Waals surface area contributed by atoms with Crippen LogP contribution in [0.25, 0.3) is 0 Å². The van der Waals surface area contributed by atoms with E-state index in [0.717, 1.165) is 22.6 Å². The third kappa shape index (κ3) is 5.80. The highest BCUT2D eigenvalue weighted by Gasteiger charge is 2.14. The summed E-state index contributed by atoms with van der Waals surface area (Å²) in [5.41, 5.74) is 4.64. The van der Waals surface area contributed by atoms with Crippen LogP contribution in [0.2, 0.25) is 0 Å². The quantitative estimate of drug-likeness (QED) is 0.297. The Balaban J connectivity index is 1.41. The van der Waals surface area contributed by atoms with Crippen LogP contribution in [0, 0.1) is 6.92 Å². The molecule has 4 rings (SSSR count). The van der Waals surface area contributed by atoms with Crippen molar-refractivity contribution < 1.29 is 9.53 Å². The number of hydrogen-bond acceptors (Lipinski definition) is 3. The van der Waals surface area contributed by atoms with Crippen molar-refractivity contribution in [2.75, 3.05) is 5.32 Å². The SMILES string of the molecule is Cc1cc(CSc2ccccc2)ccc1NC(=O)c1ccccc1OCc1ccccc1. The number of thioether (sulfide) groups is 1. The van der Waals surface area contributed by atoms with Crippen molar-refractivity contribution in [2.24, 2.45) is 0 Å². The van der Waals surface area contributed by atoms with Gasteiger partial charge in [0.1, 0.15) is 12.4 Å². The van der Waals surface area contributed by atoms with Gasteiger partial charge in [0.15, 0.2) is 0 Å². The molecule has 0 aliphatic heterocycles. The van der Waals surface area contributed by atoms with Gasteiger partial charge in [-0.05, 0) is 53.9 Å². The van der Waals surface area contributed by atoms with Gasteiger partial charge in [-0.1, -0.05) is 72.8 Å². The smallest absolute Gasteiger partial charge is 0.259 e. The molecule has 0 aliphatic rings. The molecule has 0 aromatic heterocycles. The van der Waals surface area contributed by atoms with Gasteiger partial charge in [-0.3, -0.25) is 4.79 Å². The van der Waals surface area contributed by atoms with Gasteiger partial charge in [-0.25, -0.2) is 0 Å². The molecule has 4 aromatic rings. The van der Waals surface area contributed by atoms with Gasteiger partial charge >= 0.3 is 0 Å². The van der Waals surface area contributed by atoms with E-state index in [1.807, 2.05) is 79.7 Å². The fourth-order valence-electron chi connectivity index (χ4n) is 3.34. The van der Waals surface area contributed by atoms with Crippen LogP contribution in [0.1, 0.15) is 27.0 Å². The van der Waals surface area contributed by atoms with Gasteiger partial charge in [0.25, 0.3) is 5.91 Å². The van der Waals surface area contributed by atoms with Gasteiger partial charge in [-0.2, -0.15) is 0 Å². The van der Waals surface area contributed by atoms with Crippen molar-refractivity contribution in [2.45, 2.75) is 24.2 Å². The minimum Gasteiger partial charge on any atom is -0.488 e. The van der Waals surface area contributed by atoms with Gasteiger partial charge in [0, 0.05) is 16.3 Å². The lowest BCUT2D eigenvalue weighted by Gasteiger charge is -2.14.